The Hall–Kier alpha value is -4.59. The number of urea groups is 1. The lowest BCUT2D eigenvalue weighted by molar-refractivity contribution is -0.153. The molecule has 0 saturated carbocycles. The number of benzene rings is 2. The van der Waals surface area contributed by atoms with Crippen molar-refractivity contribution in [3.05, 3.63) is 65.7 Å². The standard InChI is InChI=1S/C25H27N5O6/c1-2-35-22(32)25(28-23(27)33,29-24(34)36-16-18-6-4-3-5-7-18)14-19-12-13-30(21(19)31)20-10-8-17(15-26)9-11-20/h3-11,19H,2,12-14,16H2,1H3,(H,29,34)(H3,27,28,33)/t19?,25-/m0/s1. The first-order chi connectivity index (χ1) is 17.3. The molecule has 11 heteroatoms. The van der Waals surface area contributed by atoms with E-state index in [1.54, 1.807) is 55.5 Å². The summed E-state index contributed by atoms with van der Waals surface area (Å²) in [5.74, 6) is -2.06. The number of amides is 4. The maximum atomic E-state index is 13.2. The fourth-order valence-corrected chi connectivity index (χ4v) is 3.99. The Morgan fingerprint density at radius 2 is 1.81 bits per heavy atom. The molecular formula is C25H27N5O6. The van der Waals surface area contributed by atoms with Crippen molar-refractivity contribution in [2.75, 3.05) is 18.1 Å². The Balaban J connectivity index is 1.81. The Morgan fingerprint density at radius 3 is 2.42 bits per heavy atom. The number of nitriles is 1. The summed E-state index contributed by atoms with van der Waals surface area (Å²) in [7, 11) is 0. The molecule has 1 heterocycles. The first-order valence-corrected chi connectivity index (χ1v) is 11.3. The summed E-state index contributed by atoms with van der Waals surface area (Å²) in [6, 6.07) is 16.3. The van der Waals surface area contributed by atoms with Gasteiger partial charge >= 0.3 is 18.1 Å². The third-order valence-electron chi connectivity index (χ3n) is 5.67. The normalized spacial score (nSPS) is 16.4. The Morgan fingerprint density at radius 1 is 1.11 bits per heavy atom. The number of primary amides is 1. The average Bonchev–Trinajstić information content (AvgIpc) is 3.22. The largest absolute Gasteiger partial charge is 0.463 e. The number of ether oxygens (including phenoxy) is 2. The number of nitrogens with one attached hydrogen (secondary N) is 2. The van der Waals surface area contributed by atoms with Crippen LogP contribution in [0, 0.1) is 17.2 Å². The molecule has 0 bridgehead atoms. The van der Waals surface area contributed by atoms with Gasteiger partial charge in [0, 0.05) is 24.6 Å². The van der Waals surface area contributed by atoms with Gasteiger partial charge in [0.25, 0.3) is 0 Å². The van der Waals surface area contributed by atoms with Crippen LogP contribution < -0.4 is 21.3 Å². The van der Waals surface area contributed by atoms with Gasteiger partial charge in [-0.25, -0.2) is 14.4 Å². The topological polar surface area (TPSA) is 164 Å². The smallest absolute Gasteiger partial charge is 0.409 e. The number of anilines is 1. The lowest BCUT2D eigenvalue weighted by atomic mass is 9.93. The summed E-state index contributed by atoms with van der Waals surface area (Å²) in [5.41, 5.74) is 4.95. The summed E-state index contributed by atoms with van der Waals surface area (Å²) >= 11 is 0. The number of nitrogens with two attached hydrogens (primary N) is 1. The quantitative estimate of drug-likeness (QED) is 0.356. The van der Waals surface area contributed by atoms with Crippen LogP contribution in [0.15, 0.2) is 54.6 Å². The number of hydrogen-bond donors (Lipinski definition) is 3. The molecule has 3 rings (SSSR count). The van der Waals surface area contributed by atoms with E-state index in [9.17, 15) is 19.2 Å². The SMILES string of the molecule is CCOC(=O)[C@@](CC1CCN(c2ccc(C#N)cc2)C1=O)(NC(N)=O)NC(=O)OCc1ccccc1. The van der Waals surface area contributed by atoms with Crippen molar-refractivity contribution in [3.8, 4) is 6.07 Å². The van der Waals surface area contributed by atoms with E-state index in [0.717, 1.165) is 0 Å². The molecule has 1 fully saturated rings. The van der Waals surface area contributed by atoms with E-state index in [0.29, 0.717) is 29.8 Å². The van der Waals surface area contributed by atoms with E-state index in [2.05, 4.69) is 10.6 Å². The van der Waals surface area contributed by atoms with Crippen LogP contribution in [0.1, 0.15) is 30.9 Å². The number of esters is 1. The Labute approximate surface area is 208 Å². The molecule has 2 atom stereocenters. The molecule has 188 valence electrons. The zero-order valence-corrected chi connectivity index (χ0v) is 19.7. The molecule has 0 spiro atoms. The Bertz CT molecular complexity index is 1150. The minimum Gasteiger partial charge on any atom is -0.463 e. The van der Waals surface area contributed by atoms with Crippen molar-refractivity contribution in [3.63, 3.8) is 0 Å². The molecule has 11 nitrogen and oxygen atoms in total. The fraction of sp³-hybridized carbons (Fsp3) is 0.320. The van der Waals surface area contributed by atoms with Crippen LogP contribution in [-0.2, 0) is 25.7 Å². The van der Waals surface area contributed by atoms with E-state index < -0.39 is 29.7 Å². The van der Waals surface area contributed by atoms with Crippen LogP contribution in [0.3, 0.4) is 0 Å². The molecule has 4 N–H and O–H groups in total. The molecule has 0 radical (unpaired) electrons. The fourth-order valence-electron chi connectivity index (χ4n) is 3.99. The third kappa shape index (κ3) is 6.29. The highest BCUT2D eigenvalue weighted by Crippen LogP contribution is 2.31. The van der Waals surface area contributed by atoms with E-state index >= 15 is 0 Å². The number of nitrogens with zero attached hydrogens (tertiary/aromatic N) is 2. The number of rotatable bonds is 9. The number of carbonyl (C=O) groups excluding carboxylic acids is 4. The van der Waals surface area contributed by atoms with E-state index in [1.165, 1.54) is 4.90 Å². The van der Waals surface area contributed by atoms with E-state index in [1.807, 2.05) is 12.1 Å². The zero-order valence-electron chi connectivity index (χ0n) is 19.7. The van der Waals surface area contributed by atoms with Crippen molar-refractivity contribution in [1.29, 1.82) is 5.26 Å². The number of alkyl carbamates (subject to hydrolysis) is 1. The van der Waals surface area contributed by atoms with E-state index in [-0.39, 0.29) is 25.5 Å². The molecule has 2 aromatic rings. The summed E-state index contributed by atoms with van der Waals surface area (Å²) in [5, 5.41) is 13.6. The highest BCUT2D eigenvalue weighted by molar-refractivity contribution is 5.98. The molecule has 2 aromatic carbocycles. The van der Waals surface area contributed by atoms with Gasteiger partial charge in [-0.15, -0.1) is 0 Å². The van der Waals surface area contributed by atoms with Gasteiger partial charge in [0.05, 0.1) is 18.2 Å². The first kappa shape index (κ1) is 26.0. The van der Waals surface area contributed by atoms with Crippen LogP contribution in [0.25, 0.3) is 0 Å². The second-order valence-corrected chi connectivity index (χ2v) is 8.14. The molecule has 0 aromatic heterocycles. The van der Waals surface area contributed by atoms with Crippen LogP contribution >= 0.6 is 0 Å². The highest BCUT2D eigenvalue weighted by atomic mass is 16.6. The maximum Gasteiger partial charge on any atom is 0.409 e. The molecule has 1 saturated heterocycles. The monoisotopic (exact) mass is 493 g/mol. The summed E-state index contributed by atoms with van der Waals surface area (Å²) in [4.78, 5) is 52.3. The summed E-state index contributed by atoms with van der Waals surface area (Å²) in [6.45, 7) is 1.77. The van der Waals surface area contributed by atoms with Crippen LogP contribution in [0.5, 0.6) is 0 Å². The summed E-state index contributed by atoms with van der Waals surface area (Å²) < 4.78 is 10.3. The second-order valence-electron chi connectivity index (χ2n) is 8.14. The van der Waals surface area contributed by atoms with Crippen LogP contribution in [0.4, 0.5) is 15.3 Å². The molecule has 1 aliphatic rings. The minimum atomic E-state index is -2.13. The number of carbonyl (C=O) groups is 4. The predicted molar refractivity (Wildman–Crippen MR) is 128 cm³/mol. The number of hydrogen-bond acceptors (Lipinski definition) is 7. The van der Waals surface area contributed by atoms with Crippen molar-refractivity contribution in [2.24, 2.45) is 11.7 Å². The minimum absolute atomic E-state index is 0.0439. The molecule has 36 heavy (non-hydrogen) atoms. The van der Waals surface area contributed by atoms with Gasteiger partial charge in [0.2, 0.25) is 11.6 Å². The van der Waals surface area contributed by atoms with Gasteiger partial charge in [-0.2, -0.15) is 5.26 Å². The van der Waals surface area contributed by atoms with Gasteiger partial charge in [0.1, 0.15) is 6.61 Å². The van der Waals surface area contributed by atoms with Crippen molar-refractivity contribution in [2.45, 2.75) is 32.0 Å². The summed E-state index contributed by atoms with van der Waals surface area (Å²) in [6.07, 6.45) is -0.975. The molecular weight excluding hydrogens is 466 g/mol. The lowest BCUT2D eigenvalue weighted by Gasteiger charge is -2.33. The molecule has 4 amide bonds. The third-order valence-corrected chi connectivity index (χ3v) is 5.67. The van der Waals surface area contributed by atoms with Crippen molar-refractivity contribution in [1.82, 2.24) is 10.6 Å². The van der Waals surface area contributed by atoms with Crippen molar-refractivity contribution >= 4 is 29.7 Å². The van der Waals surface area contributed by atoms with Crippen LogP contribution in [0.2, 0.25) is 0 Å². The van der Waals surface area contributed by atoms with E-state index in [4.69, 9.17) is 20.5 Å². The molecule has 1 aliphatic heterocycles. The molecule has 0 aliphatic carbocycles. The zero-order chi connectivity index (χ0) is 26.1. The maximum absolute atomic E-state index is 13.2. The van der Waals surface area contributed by atoms with Gasteiger partial charge in [-0.3, -0.25) is 10.1 Å². The highest BCUT2D eigenvalue weighted by Gasteiger charge is 2.48. The second kappa shape index (κ2) is 11.7. The van der Waals surface area contributed by atoms with Crippen molar-refractivity contribution < 1.29 is 28.7 Å². The van der Waals surface area contributed by atoms with Gasteiger partial charge < -0.3 is 25.4 Å². The molecule has 1 unspecified atom stereocenters. The van der Waals surface area contributed by atoms with Crippen LogP contribution in [-0.4, -0.2) is 42.8 Å². The first-order valence-electron chi connectivity index (χ1n) is 11.3. The van der Waals surface area contributed by atoms with Gasteiger partial charge in [-0.05, 0) is 43.2 Å². The Kier molecular flexibility index (Phi) is 8.46. The lowest BCUT2D eigenvalue weighted by Crippen LogP contribution is -2.68. The van der Waals surface area contributed by atoms with Gasteiger partial charge in [0.15, 0.2) is 0 Å². The predicted octanol–water partition coefficient (Wildman–Crippen LogP) is 2.16. The van der Waals surface area contributed by atoms with Gasteiger partial charge in [-0.1, -0.05) is 30.3 Å². The average molecular weight is 494 g/mol.